The normalized spacial score (nSPS) is 11.6. The van der Waals surface area contributed by atoms with Crippen LogP contribution in [0, 0.1) is 19.8 Å². The third-order valence-electron chi connectivity index (χ3n) is 4.40. The first-order valence-electron chi connectivity index (χ1n) is 9.29. The highest BCUT2D eigenvalue weighted by Gasteiger charge is 2.17. The molecule has 5 heteroatoms. The van der Waals surface area contributed by atoms with Gasteiger partial charge >= 0.3 is 0 Å². The summed E-state index contributed by atoms with van der Waals surface area (Å²) in [5.41, 5.74) is 4.19. The Bertz CT molecular complexity index is 735. The number of aryl methyl sites for hydroxylation is 2. The van der Waals surface area contributed by atoms with Crippen LogP contribution in [0.2, 0.25) is 0 Å². The Morgan fingerprint density at radius 1 is 1.19 bits per heavy atom. The number of rotatable bonds is 8. The van der Waals surface area contributed by atoms with E-state index in [1.165, 1.54) is 23.0 Å². The highest BCUT2D eigenvalue weighted by atomic mass is 16.3. The van der Waals surface area contributed by atoms with Gasteiger partial charge in [-0.1, -0.05) is 37.6 Å². The van der Waals surface area contributed by atoms with Crippen molar-refractivity contribution in [2.75, 3.05) is 6.54 Å². The number of nitrogens with zero attached hydrogens (tertiary/aromatic N) is 2. The van der Waals surface area contributed by atoms with Crippen molar-refractivity contribution in [3.63, 3.8) is 0 Å². The van der Waals surface area contributed by atoms with Crippen LogP contribution < -0.4 is 5.32 Å². The van der Waals surface area contributed by atoms with E-state index < -0.39 is 0 Å². The highest BCUT2D eigenvalue weighted by molar-refractivity contribution is 5.91. The second-order valence-electron chi connectivity index (χ2n) is 7.66. The van der Waals surface area contributed by atoms with E-state index in [1.54, 1.807) is 0 Å². The van der Waals surface area contributed by atoms with Gasteiger partial charge in [-0.05, 0) is 44.7 Å². The molecule has 5 nitrogen and oxygen atoms in total. The quantitative estimate of drug-likeness (QED) is 0.773. The largest absolute Gasteiger partial charge is 0.447 e. The summed E-state index contributed by atoms with van der Waals surface area (Å²) in [5.74, 6) is 0.789. The maximum absolute atomic E-state index is 12.1. The Balaban J connectivity index is 2.06. The van der Waals surface area contributed by atoms with E-state index in [9.17, 15) is 4.79 Å². The smallest absolute Gasteiger partial charge is 0.273 e. The van der Waals surface area contributed by atoms with Gasteiger partial charge in [-0.2, -0.15) is 0 Å². The first-order valence-corrected chi connectivity index (χ1v) is 9.29. The lowest BCUT2D eigenvalue weighted by Crippen LogP contribution is -2.30. The Hall–Kier alpha value is -2.14. The summed E-state index contributed by atoms with van der Waals surface area (Å²) in [6.07, 6.45) is 1.45. The highest BCUT2D eigenvalue weighted by Crippen LogP contribution is 2.17. The van der Waals surface area contributed by atoms with Crippen molar-refractivity contribution in [2.45, 2.75) is 60.7 Å². The first kappa shape index (κ1) is 20.2. The zero-order valence-corrected chi connectivity index (χ0v) is 16.8. The van der Waals surface area contributed by atoms with Gasteiger partial charge in [0.05, 0.1) is 6.54 Å². The third kappa shape index (κ3) is 5.70. The molecule has 0 atom stereocenters. The van der Waals surface area contributed by atoms with Gasteiger partial charge in [0.2, 0.25) is 5.89 Å². The van der Waals surface area contributed by atoms with Gasteiger partial charge in [-0.3, -0.25) is 9.69 Å². The molecule has 0 saturated heterocycles. The second kappa shape index (κ2) is 8.99. The van der Waals surface area contributed by atoms with Crippen LogP contribution in [-0.2, 0) is 13.1 Å². The Labute approximate surface area is 156 Å². The van der Waals surface area contributed by atoms with Gasteiger partial charge in [-0.15, -0.1) is 0 Å². The lowest BCUT2D eigenvalue weighted by atomic mass is 10.0. The van der Waals surface area contributed by atoms with Crippen molar-refractivity contribution in [3.05, 3.63) is 52.7 Å². The fraction of sp³-hybridized carbons (Fsp3) is 0.524. The van der Waals surface area contributed by atoms with Crippen molar-refractivity contribution >= 4 is 5.91 Å². The number of hydrogen-bond acceptors (Lipinski definition) is 4. The molecule has 26 heavy (non-hydrogen) atoms. The van der Waals surface area contributed by atoms with Crippen LogP contribution in [0.15, 0.2) is 28.9 Å². The van der Waals surface area contributed by atoms with Crippen molar-refractivity contribution < 1.29 is 9.21 Å². The monoisotopic (exact) mass is 357 g/mol. The Morgan fingerprint density at radius 3 is 2.58 bits per heavy atom. The van der Waals surface area contributed by atoms with Crippen LogP contribution >= 0.6 is 0 Å². The van der Waals surface area contributed by atoms with Crippen LogP contribution in [0.4, 0.5) is 0 Å². The van der Waals surface area contributed by atoms with E-state index in [0.717, 1.165) is 6.54 Å². The van der Waals surface area contributed by atoms with Crippen molar-refractivity contribution in [2.24, 2.45) is 5.92 Å². The molecule has 0 aliphatic rings. The molecule has 0 bridgehead atoms. The molecule has 0 unspecified atom stereocenters. The van der Waals surface area contributed by atoms with E-state index in [2.05, 4.69) is 74.9 Å². The van der Waals surface area contributed by atoms with Gasteiger partial charge < -0.3 is 9.73 Å². The molecular weight excluding hydrogens is 326 g/mol. The van der Waals surface area contributed by atoms with E-state index in [0.29, 0.717) is 36.6 Å². The molecule has 0 aliphatic heterocycles. The van der Waals surface area contributed by atoms with E-state index in [1.807, 2.05) is 0 Å². The Morgan fingerprint density at radius 2 is 1.92 bits per heavy atom. The summed E-state index contributed by atoms with van der Waals surface area (Å²) < 4.78 is 5.55. The maximum Gasteiger partial charge on any atom is 0.273 e. The second-order valence-corrected chi connectivity index (χ2v) is 7.66. The van der Waals surface area contributed by atoms with Gasteiger partial charge in [0.15, 0.2) is 5.69 Å². The molecule has 2 aromatic rings. The number of benzene rings is 1. The predicted molar refractivity (Wildman–Crippen MR) is 104 cm³/mol. The van der Waals surface area contributed by atoms with Gasteiger partial charge in [0.25, 0.3) is 5.91 Å². The number of nitrogens with one attached hydrogen (secondary N) is 1. The van der Waals surface area contributed by atoms with E-state index in [4.69, 9.17) is 4.42 Å². The molecule has 142 valence electrons. The minimum atomic E-state index is -0.181. The minimum absolute atomic E-state index is 0.181. The molecule has 1 N–H and O–H groups in total. The molecule has 1 heterocycles. The zero-order chi connectivity index (χ0) is 19.3. The SMILES string of the molecule is Cc1ccc(C)c(CN(Cc2nc(C(=O)NCC(C)C)co2)C(C)C)c1. The number of carbonyl (C=O) groups excluding carboxylic acids is 1. The molecule has 2 rings (SSSR count). The summed E-state index contributed by atoms with van der Waals surface area (Å²) >= 11 is 0. The average Bonchev–Trinajstić information content (AvgIpc) is 3.03. The zero-order valence-electron chi connectivity index (χ0n) is 16.8. The molecule has 1 aromatic heterocycles. The van der Waals surface area contributed by atoms with Gasteiger partial charge in [0, 0.05) is 19.1 Å². The van der Waals surface area contributed by atoms with Crippen molar-refractivity contribution in [1.29, 1.82) is 0 Å². The minimum Gasteiger partial charge on any atom is -0.447 e. The fourth-order valence-electron chi connectivity index (χ4n) is 2.66. The summed E-state index contributed by atoms with van der Waals surface area (Å²) in [5, 5.41) is 2.87. The molecule has 0 spiro atoms. The maximum atomic E-state index is 12.1. The van der Waals surface area contributed by atoms with Crippen LogP contribution in [0.5, 0.6) is 0 Å². The third-order valence-corrected chi connectivity index (χ3v) is 4.40. The van der Waals surface area contributed by atoms with Crippen LogP contribution in [0.25, 0.3) is 0 Å². The Kier molecular flexibility index (Phi) is 6.98. The summed E-state index contributed by atoms with van der Waals surface area (Å²) in [7, 11) is 0. The average molecular weight is 357 g/mol. The van der Waals surface area contributed by atoms with Crippen LogP contribution in [0.3, 0.4) is 0 Å². The number of hydrogen-bond donors (Lipinski definition) is 1. The molecule has 0 fully saturated rings. The van der Waals surface area contributed by atoms with E-state index >= 15 is 0 Å². The number of aromatic nitrogens is 1. The lowest BCUT2D eigenvalue weighted by Gasteiger charge is -2.26. The molecule has 1 aromatic carbocycles. The standard InChI is InChI=1S/C21H31N3O2/c1-14(2)10-22-21(25)19-13-26-20(23-19)12-24(15(3)4)11-18-9-16(5)7-8-17(18)6/h7-9,13-15H,10-12H2,1-6H3,(H,22,25). The fourth-order valence-corrected chi connectivity index (χ4v) is 2.66. The number of amides is 1. The lowest BCUT2D eigenvalue weighted by molar-refractivity contribution is 0.0944. The topological polar surface area (TPSA) is 58.4 Å². The first-order chi connectivity index (χ1) is 12.3. The van der Waals surface area contributed by atoms with Crippen molar-refractivity contribution in [1.82, 2.24) is 15.2 Å². The van der Waals surface area contributed by atoms with Crippen LogP contribution in [0.1, 0.15) is 60.8 Å². The summed E-state index contributed by atoms with van der Waals surface area (Å²) in [6, 6.07) is 6.85. The summed E-state index contributed by atoms with van der Waals surface area (Å²) in [6.45, 7) is 14.7. The van der Waals surface area contributed by atoms with Crippen LogP contribution in [-0.4, -0.2) is 28.4 Å². The molecule has 0 aliphatic carbocycles. The number of carbonyl (C=O) groups is 1. The number of oxazole rings is 1. The van der Waals surface area contributed by atoms with Crippen molar-refractivity contribution in [3.8, 4) is 0 Å². The molecule has 0 radical (unpaired) electrons. The molecular formula is C21H31N3O2. The van der Waals surface area contributed by atoms with E-state index in [-0.39, 0.29) is 5.91 Å². The predicted octanol–water partition coefficient (Wildman–Crippen LogP) is 4.09. The molecule has 0 saturated carbocycles. The van der Waals surface area contributed by atoms with Gasteiger partial charge in [0.1, 0.15) is 6.26 Å². The van der Waals surface area contributed by atoms with Gasteiger partial charge in [-0.25, -0.2) is 4.98 Å². The molecule has 1 amide bonds. The summed E-state index contributed by atoms with van der Waals surface area (Å²) in [4.78, 5) is 18.8.